The summed E-state index contributed by atoms with van der Waals surface area (Å²) in [5.41, 5.74) is 0.779. The summed E-state index contributed by atoms with van der Waals surface area (Å²) in [6.45, 7) is 19.8. The van der Waals surface area contributed by atoms with Crippen LogP contribution in [0.2, 0.25) is 18.1 Å². The Balaban J connectivity index is 1.85. The Bertz CT molecular complexity index is 506. The van der Waals surface area contributed by atoms with Crippen molar-refractivity contribution in [2.75, 3.05) is 6.61 Å². The Hall–Kier alpha value is 0.137. The van der Waals surface area contributed by atoms with Crippen molar-refractivity contribution < 1.29 is 9.53 Å². The molecule has 3 aliphatic rings. The van der Waals surface area contributed by atoms with Crippen LogP contribution in [0.3, 0.4) is 0 Å². The minimum atomic E-state index is -1.78. The lowest BCUT2D eigenvalue weighted by Crippen LogP contribution is -2.63. The highest BCUT2D eigenvalue weighted by Crippen LogP contribution is 2.73. The van der Waals surface area contributed by atoms with Crippen LogP contribution in [0, 0.1) is 28.1 Å². The summed E-state index contributed by atoms with van der Waals surface area (Å²) in [7, 11) is -1.78. The first-order valence-corrected chi connectivity index (χ1v) is 13.0. The van der Waals surface area contributed by atoms with Gasteiger partial charge in [0.05, 0.1) is 6.10 Å². The molecule has 1 N–H and O–H groups in total. The van der Waals surface area contributed by atoms with Gasteiger partial charge in [-0.15, -0.1) is 0 Å². The number of rotatable bonds is 3. The van der Waals surface area contributed by atoms with Crippen LogP contribution >= 0.6 is 0 Å². The smallest absolute Gasteiger partial charge is 0.192 e. The Morgan fingerprint density at radius 3 is 2.21 bits per heavy atom. The van der Waals surface area contributed by atoms with E-state index in [1.54, 1.807) is 0 Å². The second kappa shape index (κ2) is 5.33. The highest BCUT2D eigenvalue weighted by atomic mass is 28.4. The van der Waals surface area contributed by atoms with Crippen LogP contribution in [0.25, 0.3) is 0 Å². The van der Waals surface area contributed by atoms with Crippen LogP contribution in [-0.2, 0) is 4.43 Å². The Morgan fingerprint density at radius 1 is 1.04 bits per heavy atom. The Labute approximate surface area is 150 Å². The quantitative estimate of drug-likeness (QED) is 0.669. The third-order valence-electron chi connectivity index (χ3n) is 9.16. The minimum Gasteiger partial charge on any atom is -0.416 e. The zero-order chi connectivity index (χ0) is 18.2. The van der Waals surface area contributed by atoms with E-state index in [1.807, 2.05) is 0 Å². The van der Waals surface area contributed by atoms with Crippen molar-refractivity contribution in [2.24, 2.45) is 28.1 Å². The number of aliphatic hydroxyl groups excluding tert-OH is 1. The van der Waals surface area contributed by atoms with Crippen molar-refractivity contribution >= 4 is 8.32 Å². The van der Waals surface area contributed by atoms with E-state index in [-0.39, 0.29) is 22.0 Å². The molecular weight excluding hydrogens is 312 g/mol. The average Bonchev–Trinajstić information content (AvgIpc) is 2.68. The fraction of sp³-hybridized carbons (Fsp3) is 1.00. The number of fused-ring (bicyclic) bond motifs is 3. The summed E-state index contributed by atoms with van der Waals surface area (Å²) in [5.74, 6) is 1.65. The molecule has 0 aromatic rings. The maximum atomic E-state index is 11.0. The van der Waals surface area contributed by atoms with E-state index in [0.717, 1.165) is 31.3 Å². The number of hydrogen-bond donors (Lipinski definition) is 1. The van der Waals surface area contributed by atoms with Crippen molar-refractivity contribution in [3.63, 3.8) is 0 Å². The van der Waals surface area contributed by atoms with Crippen molar-refractivity contribution in [1.29, 1.82) is 0 Å². The van der Waals surface area contributed by atoms with Gasteiger partial charge in [-0.3, -0.25) is 0 Å². The van der Waals surface area contributed by atoms with Gasteiger partial charge in [0.15, 0.2) is 8.32 Å². The van der Waals surface area contributed by atoms with Gasteiger partial charge in [0.2, 0.25) is 0 Å². The topological polar surface area (TPSA) is 29.5 Å². The van der Waals surface area contributed by atoms with Gasteiger partial charge in [0, 0.05) is 12.0 Å². The van der Waals surface area contributed by atoms with E-state index in [4.69, 9.17) is 4.43 Å². The largest absolute Gasteiger partial charge is 0.416 e. The molecule has 0 radical (unpaired) electrons. The molecule has 0 heterocycles. The predicted octanol–water partition coefficient (Wildman–Crippen LogP) is 5.61. The second-order valence-electron chi connectivity index (χ2n) is 11.6. The molecule has 0 spiro atoms. The predicted molar refractivity (Wildman–Crippen MR) is 104 cm³/mol. The van der Waals surface area contributed by atoms with Gasteiger partial charge in [-0.1, -0.05) is 41.5 Å². The van der Waals surface area contributed by atoms with Crippen molar-refractivity contribution in [3.8, 4) is 0 Å². The van der Waals surface area contributed by atoms with Crippen LogP contribution in [0.5, 0.6) is 0 Å². The van der Waals surface area contributed by atoms with E-state index < -0.39 is 8.32 Å². The van der Waals surface area contributed by atoms with Gasteiger partial charge in [-0.25, -0.2) is 0 Å². The molecule has 0 aliphatic heterocycles. The maximum absolute atomic E-state index is 11.0. The summed E-state index contributed by atoms with van der Waals surface area (Å²) >= 11 is 0. The van der Waals surface area contributed by atoms with Gasteiger partial charge in [0.1, 0.15) is 0 Å². The SMILES string of the molecule is CC1(C)C[C@H]2[C@H]1CCC1(CO[Si](C)(C)C(C)(C)C)C(O)CCC21C. The lowest BCUT2D eigenvalue weighted by molar-refractivity contribution is -0.201. The molecule has 3 heteroatoms. The molecule has 0 amide bonds. The van der Waals surface area contributed by atoms with E-state index >= 15 is 0 Å². The molecule has 5 atom stereocenters. The fourth-order valence-electron chi connectivity index (χ4n) is 6.13. The highest BCUT2D eigenvalue weighted by molar-refractivity contribution is 6.74. The standard InChI is InChI=1S/C21H40O2Si/c1-18(2,3)24(7,8)23-14-21-12-9-15-16(13-19(15,4)5)20(21,6)11-10-17(21)22/h15-17,22H,9-14H2,1-8H3/t15-,16+,17?,20?,21?/m1/s1. The van der Waals surface area contributed by atoms with Crippen molar-refractivity contribution in [3.05, 3.63) is 0 Å². The maximum Gasteiger partial charge on any atom is 0.192 e. The van der Waals surface area contributed by atoms with E-state index in [0.29, 0.717) is 5.41 Å². The molecule has 0 saturated heterocycles. The molecular formula is C21H40O2Si. The van der Waals surface area contributed by atoms with Gasteiger partial charge in [-0.05, 0) is 72.9 Å². The molecule has 3 aliphatic carbocycles. The molecule has 140 valence electrons. The van der Waals surface area contributed by atoms with E-state index in [1.165, 1.54) is 19.3 Å². The Morgan fingerprint density at radius 2 is 1.67 bits per heavy atom. The van der Waals surface area contributed by atoms with Gasteiger partial charge in [-0.2, -0.15) is 0 Å². The van der Waals surface area contributed by atoms with Crippen molar-refractivity contribution in [2.45, 2.75) is 97.9 Å². The molecule has 0 aromatic heterocycles. The third kappa shape index (κ3) is 2.40. The summed E-state index contributed by atoms with van der Waals surface area (Å²) in [6, 6.07) is 0. The highest BCUT2D eigenvalue weighted by Gasteiger charge is 2.69. The van der Waals surface area contributed by atoms with Crippen LogP contribution in [-0.4, -0.2) is 26.1 Å². The molecule has 0 bridgehead atoms. The molecule has 0 aromatic carbocycles. The van der Waals surface area contributed by atoms with Gasteiger partial charge >= 0.3 is 0 Å². The van der Waals surface area contributed by atoms with Crippen LogP contribution in [0.4, 0.5) is 0 Å². The first-order valence-electron chi connectivity index (χ1n) is 10.1. The molecule has 2 nitrogen and oxygen atoms in total. The first kappa shape index (κ1) is 18.9. The van der Waals surface area contributed by atoms with Gasteiger partial charge < -0.3 is 9.53 Å². The lowest BCUT2D eigenvalue weighted by atomic mass is 9.39. The molecule has 3 fully saturated rings. The summed E-state index contributed by atoms with van der Waals surface area (Å²) in [5, 5.41) is 11.3. The summed E-state index contributed by atoms with van der Waals surface area (Å²) in [4.78, 5) is 0. The molecule has 3 unspecified atom stereocenters. The molecule has 3 rings (SSSR count). The third-order valence-corrected chi connectivity index (χ3v) is 13.6. The Kier molecular flexibility index (Phi) is 4.20. The zero-order valence-corrected chi connectivity index (χ0v) is 18.3. The van der Waals surface area contributed by atoms with E-state index in [2.05, 4.69) is 54.6 Å². The zero-order valence-electron chi connectivity index (χ0n) is 17.3. The van der Waals surface area contributed by atoms with Crippen LogP contribution in [0.1, 0.15) is 73.6 Å². The molecule has 3 saturated carbocycles. The average molecular weight is 353 g/mol. The van der Waals surface area contributed by atoms with E-state index in [9.17, 15) is 5.11 Å². The van der Waals surface area contributed by atoms with Crippen LogP contribution in [0.15, 0.2) is 0 Å². The lowest BCUT2D eigenvalue weighted by Gasteiger charge is -2.67. The minimum absolute atomic E-state index is 0.000185. The fourth-order valence-corrected chi connectivity index (χ4v) is 7.18. The normalized spacial score (nSPS) is 44.6. The second-order valence-corrected chi connectivity index (χ2v) is 16.4. The summed E-state index contributed by atoms with van der Waals surface area (Å²) < 4.78 is 6.71. The number of aliphatic hydroxyl groups is 1. The van der Waals surface area contributed by atoms with Crippen molar-refractivity contribution in [1.82, 2.24) is 0 Å². The summed E-state index contributed by atoms with van der Waals surface area (Å²) in [6.07, 6.45) is 5.77. The first-order chi connectivity index (χ1) is 10.8. The van der Waals surface area contributed by atoms with Crippen LogP contribution < -0.4 is 0 Å². The van der Waals surface area contributed by atoms with Gasteiger partial charge in [0.25, 0.3) is 0 Å². The molecule has 24 heavy (non-hydrogen) atoms. The number of hydrogen-bond acceptors (Lipinski definition) is 2. The monoisotopic (exact) mass is 352 g/mol.